The van der Waals surface area contributed by atoms with E-state index < -0.39 is 6.10 Å². The largest absolute Gasteiger partial charge is 0.478 e. The maximum atomic E-state index is 12.2. The summed E-state index contributed by atoms with van der Waals surface area (Å²) < 4.78 is 5.72. The van der Waals surface area contributed by atoms with Crippen LogP contribution >= 0.6 is 0 Å². The molecule has 2 heterocycles. The first-order valence-corrected chi connectivity index (χ1v) is 10.0. The van der Waals surface area contributed by atoms with Gasteiger partial charge in [0.15, 0.2) is 6.10 Å². The molecule has 2 aliphatic rings. The molecule has 1 saturated heterocycles. The van der Waals surface area contributed by atoms with Gasteiger partial charge in [-0.2, -0.15) is 0 Å². The molecule has 2 N–H and O–H groups in total. The fraction of sp³-hybridized carbons (Fsp3) is 0.619. The van der Waals surface area contributed by atoms with Gasteiger partial charge in [-0.05, 0) is 57.7 Å². The van der Waals surface area contributed by atoms with Crippen LogP contribution in [-0.4, -0.2) is 48.0 Å². The molecule has 0 saturated carbocycles. The molecule has 1 aromatic carbocycles. The second-order valence-corrected chi connectivity index (χ2v) is 7.87. The normalized spacial score (nSPS) is 25.3. The SMILES string of the molecule is Cc1ccc2c(c1)NC(=O)C(CC(=O)NCCCN1C(C)CCCC1C)O2. The summed E-state index contributed by atoms with van der Waals surface area (Å²) in [6.07, 6.45) is 4.00. The van der Waals surface area contributed by atoms with Gasteiger partial charge in [-0.25, -0.2) is 0 Å². The highest BCUT2D eigenvalue weighted by Gasteiger charge is 2.29. The molecule has 2 amide bonds. The van der Waals surface area contributed by atoms with Crippen molar-refractivity contribution in [3.05, 3.63) is 23.8 Å². The lowest BCUT2D eigenvalue weighted by Gasteiger charge is -2.39. The topological polar surface area (TPSA) is 70.7 Å². The van der Waals surface area contributed by atoms with Crippen molar-refractivity contribution in [3.63, 3.8) is 0 Å². The standard InChI is InChI=1S/C21H31N3O3/c1-14-8-9-18-17(12-14)23-21(26)19(27-18)13-20(25)22-10-5-11-24-15(2)6-4-7-16(24)3/h8-9,12,15-16,19H,4-7,10-11,13H2,1-3H3,(H,22,25)(H,23,26). The summed E-state index contributed by atoms with van der Waals surface area (Å²) in [5.74, 6) is 0.204. The minimum atomic E-state index is -0.776. The third-order valence-electron chi connectivity index (χ3n) is 5.62. The first kappa shape index (κ1) is 19.7. The van der Waals surface area contributed by atoms with Crippen LogP contribution in [0.5, 0.6) is 5.75 Å². The van der Waals surface area contributed by atoms with Crippen molar-refractivity contribution in [1.29, 1.82) is 0 Å². The molecule has 148 valence electrons. The molecule has 6 nitrogen and oxygen atoms in total. The second-order valence-electron chi connectivity index (χ2n) is 7.87. The Bertz CT molecular complexity index is 681. The van der Waals surface area contributed by atoms with Crippen LogP contribution in [0.15, 0.2) is 18.2 Å². The number of carbonyl (C=O) groups excluding carboxylic acids is 2. The average Bonchev–Trinajstić information content (AvgIpc) is 2.61. The van der Waals surface area contributed by atoms with Crippen LogP contribution in [0, 0.1) is 6.92 Å². The number of piperidine rings is 1. The fourth-order valence-corrected chi connectivity index (χ4v) is 4.04. The second kappa shape index (κ2) is 8.74. The number of rotatable bonds is 6. The number of hydrogen-bond acceptors (Lipinski definition) is 4. The Morgan fingerprint density at radius 1 is 1.30 bits per heavy atom. The number of nitrogens with one attached hydrogen (secondary N) is 2. The Balaban J connectivity index is 1.42. The van der Waals surface area contributed by atoms with E-state index in [4.69, 9.17) is 4.74 Å². The summed E-state index contributed by atoms with van der Waals surface area (Å²) in [6.45, 7) is 8.14. The average molecular weight is 373 g/mol. The zero-order valence-electron chi connectivity index (χ0n) is 16.6. The van der Waals surface area contributed by atoms with Gasteiger partial charge in [-0.15, -0.1) is 0 Å². The molecule has 3 rings (SSSR count). The molecule has 0 spiro atoms. The molecule has 1 aromatic rings. The Morgan fingerprint density at radius 3 is 2.78 bits per heavy atom. The van der Waals surface area contributed by atoms with Crippen LogP contribution in [0.3, 0.4) is 0 Å². The fourth-order valence-electron chi connectivity index (χ4n) is 4.04. The van der Waals surface area contributed by atoms with Gasteiger partial charge in [0.1, 0.15) is 5.75 Å². The third-order valence-corrected chi connectivity index (χ3v) is 5.62. The van der Waals surface area contributed by atoms with E-state index in [1.807, 2.05) is 25.1 Å². The number of anilines is 1. The Labute approximate surface area is 161 Å². The van der Waals surface area contributed by atoms with Crippen LogP contribution in [0.2, 0.25) is 0 Å². The molecule has 3 unspecified atom stereocenters. The number of carbonyl (C=O) groups is 2. The molecule has 1 fully saturated rings. The first-order valence-electron chi connectivity index (χ1n) is 10.0. The number of amides is 2. The molecular weight excluding hydrogens is 342 g/mol. The number of likely N-dealkylation sites (tertiary alicyclic amines) is 1. The molecule has 27 heavy (non-hydrogen) atoms. The van der Waals surface area contributed by atoms with Gasteiger partial charge in [0, 0.05) is 25.2 Å². The number of ether oxygens (including phenoxy) is 1. The zero-order valence-corrected chi connectivity index (χ0v) is 16.6. The maximum absolute atomic E-state index is 12.2. The van der Waals surface area contributed by atoms with Crippen molar-refractivity contribution in [2.24, 2.45) is 0 Å². The van der Waals surface area contributed by atoms with Gasteiger partial charge in [-0.3, -0.25) is 14.5 Å². The van der Waals surface area contributed by atoms with Crippen molar-refractivity contribution < 1.29 is 14.3 Å². The third kappa shape index (κ3) is 5.01. The highest BCUT2D eigenvalue weighted by molar-refractivity contribution is 6.00. The van der Waals surface area contributed by atoms with E-state index in [9.17, 15) is 9.59 Å². The van der Waals surface area contributed by atoms with Gasteiger partial charge in [0.25, 0.3) is 5.91 Å². The lowest BCUT2D eigenvalue weighted by atomic mass is 9.97. The summed E-state index contributed by atoms with van der Waals surface area (Å²) in [6, 6.07) is 6.86. The van der Waals surface area contributed by atoms with Crippen LogP contribution < -0.4 is 15.4 Å². The molecule has 2 aliphatic heterocycles. The van der Waals surface area contributed by atoms with Crippen molar-refractivity contribution >= 4 is 17.5 Å². The van der Waals surface area contributed by atoms with Crippen LogP contribution in [0.25, 0.3) is 0 Å². The molecular formula is C21H31N3O3. The number of benzene rings is 1. The minimum Gasteiger partial charge on any atom is -0.478 e. The van der Waals surface area contributed by atoms with E-state index in [-0.39, 0.29) is 18.2 Å². The van der Waals surface area contributed by atoms with Gasteiger partial charge in [0.05, 0.1) is 12.1 Å². The number of aryl methyl sites for hydroxylation is 1. The van der Waals surface area contributed by atoms with Gasteiger partial charge >= 0.3 is 0 Å². The van der Waals surface area contributed by atoms with Crippen LogP contribution in [0.1, 0.15) is 51.5 Å². The first-order chi connectivity index (χ1) is 12.9. The van der Waals surface area contributed by atoms with E-state index in [0.717, 1.165) is 18.5 Å². The van der Waals surface area contributed by atoms with E-state index in [1.165, 1.54) is 19.3 Å². The number of hydrogen-bond donors (Lipinski definition) is 2. The summed E-state index contributed by atoms with van der Waals surface area (Å²) in [5.41, 5.74) is 1.72. The zero-order chi connectivity index (χ0) is 19.4. The van der Waals surface area contributed by atoms with Crippen molar-refractivity contribution in [3.8, 4) is 5.75 Å². The molecule has 3 atom stereocenters. The number of fused-ring (bicyclic) bond motifs is 1. The van der Waals surface area contributed by atoms with Gasteiger partial charge in [-0.1, -0.05) is 12.5 Å². The Hall–Kier alpha value is -2.08. The van der Waals surface area contributed by atoms with Crippen LogP contribution in [-0.2, 0) is 9.59 Å². The summed E-state index contributed by atoms with van der Waals surface area (Å²) in [5, 5.41) is 5.75. The lowest BCUT2D eigenvalue weighted by molar-refractivity contribution is -0.130. The smallest absolute Gasteiger partial charge is 0.266 e. The minimum absolute atomic E-state index is 0.0374. The molecule has 0 aromatic heterocycles. The van der Waals surface area contributed by atoms with Crippen molar-refractivity contribution in [2.45, 2.75) is 71.1 Å². The predicted octanol–water partition coefficient (Wildman–Crippen LogP) is 2.85. The monoisotopic (exact) mass is 373 g/mol. The van der Waals surface area contributed by atoms with Gasteiger partial charge < -0.3 is 15.4 Å². The molecule has 0 aliphatic carbocycles. The maximum Gasteiger partial charge on any atom is 0.266 e. The molecule has 6 heteroatoms. The quantitative estimate of drug-likeness (QED) is 0.752. The highest BCUT2D eigenvalue weighted by atomic mass is 16.5. The van der Waals surface area contributed by atoms with E-state index in [1.54, 1.807) is 0 Å². The lowest BCUT2D eigenvalue weighted by Crippen LogP contribution is -2.45. The van der Waals surface area contributed by atoms with Gasteiger partial charge in [0.2, 0.25) is 5.91 Å². The Kier molecular flexibility index (Phi) is 6.37. The van der Waals surface area contributed by atoms with E-state index in [0.29, 0.717) is 30.1 Å². The Morgan fingerprint density at radius 2 is 2.04 bits per heavy atom. The highest BCUT2D eigenvalue weighted by Crippen LogP contribution is 2.31. The van der Waals surface area contributed by atoms with E-state index in [2.05, 4.69) is 29.4 Å². The summed E-state index contributed by atoms with van der Waals surface area (Å²) in [7, 11) is 0. The molecule has 0 bridgehead atoms. The van der Waals surface area contributed by atoms with Crippen LogP contribution in [0.4, 0.5) is 5.69 Å². The summed E-state index contributed by atoms with van der Waals surface area (Å²) in [4.78, 5) is 26.9. The van der Waals surface area contributed by atoms with Crippen molar-refractivity contribution in [2.75, 3.05) is 18.4 Å². The summed E-state index contributed by atoms with van der Waals surface area (Å²) >= 11 is 0. The predicted molar refractivity (Wildman–Crippen MR) is 106 cm³/mol. The molecule has 0 radical (unpaired) electrons. The van der Waals surface area contributed by atoms with Crippen molar-refractivity contribution in [1.82, 2.24) is 10.2 Å². The van der Waals surface area contributed by atoms with E-state index >= 15 is 0 Å². The number of nitrogens with zero attached hydrogens (tertiary/aromatic N) is 1.